The van der Waals surface area contributed by atoms with Crippen LogP contribution in [0.25, 0.3) is 30.3 Å². The van der Waals surface area contributed by atoms with Gasteiger partial charge in [-0.3, -0.25) is 0 Å². The van der Waals surface area contributed by atoms with Gasteiger partial charge in [-0.2, -0.15) is 0 Å². The molecule has 0 fully saturated rings. The molecule has 0 aliphatic heterocycles. The molecule has 0 aliphatic rings. The summed E-state index contributed by atoms with van der Waals surface area (Å²) in [6.45, 7) is 2.16. The Hall–Kier alpha value is -1.42. The normalized spacial score (nSPS) is 11.2. The lowest BCUT2D eigenvalue weighted by Crippen LogP contribution is -1.66. The van der Waals surface area contributed by atoms with E-state index in [0.29, 0.717) is 0 Å². The van der Waals surface area contributed by atoms with Gasteiger partial charge in [0, 0.05) is 24.9 Å². The molecule has 0 saturated heterocycles. The van der Waals surface area contributed by atoms with E-state index in [1.165, 1.54) is 35.2 Å². The van der Waals surface area contributed by atoms with Crippen LogP contribution in [0, 0.1) is 6.92 Å². The van der Waals surface area contributed by atoms with Gasteiger partial charge >= 0.3 is 0 Å². The number of hydrogen-bond acceptors (Lipinski definition) is 3. The van der Waals surface area contributed by atoms with Crippen LogP contribution >= 0.6 is 34.0 Å². The van der Waals surface area contributed by atoms with E-state index in [1.807, 2.05) is 34.0 Å². The summed E-state index contributed by atoms with van der Waals surface area (Å²) < 4.78 is 0. The lowest BCUT2D eigenvalue weighted by molar-refractivity contribution is 1.64. The van der Waals surface area contributed by atoms with Crippen molar-refractivity contribution < 1.29 is 0 Å². The molecule has 4 rings (SSSR count). The minimum Gasteiger partial charge on any atom is -0.142 e. The van der Waals surface area contributed by atoms with Gasteiger partial charge in [0.2, 0.25) is 0 Å². The van der Waals surface area contributed by atoms with E-state index in [0.717, 1.165) is 0 Å². The molecule has 3 aromatic heterocycles. The predicted octanol–water partition coefficient (Wildman–Crippen LogP) is 6.67. The van der Waals surface area contributed by atoms with Gasteiger partial charge in [0.25, 0.3) is 0 Å². The summed E-state index contributed by atoms with van der Waals surface area (Å²) in [5, 5.41) is 4.96. The second-order valence-electron chi connectivity index (χ2n) is 4.73. The molecule has 0 aliphatic carbocycles. The molecule has 0 N–H and O–H groups in total. The zero-order valence-corrected chi connectivity index (χ0v) is 13.4. The van der Waals surface area contributed by atoms with E-state index in [2.05, 4.69) is 60.8 Å². The Kier molecular flexibility index (Phi) is 2.99. The van der Waals surface area contributed by atoms with Crippen LogP contribution in [0.1, 0.15) is 4.88 Å². The van der Waals surface area contributed by atoms with Crippen LogP contribution in [0.4, 0.5) is 0 Å². The number of hydrogen-bond donors (Lipinski definition) is 0. The first-order valence-electron chi connectivity index (χ1n) is 6.44. The smallest absolute Gasteiger partial charge is 0.0521 e. The molecule has 0 spiro atoms. The second kappa shape index (κ2) is 4.85. The SMILES string of the molecule is Cc1ccc(-c2ccc(-c3scc4ccccc34)s2)s1. The summed E-state index contributed by atoms with van der Waals surface area (Å²) in [6, 6.07) is 17.6. The van der Waals surface area contributed by atoms with E-state index in [-0.39, 0.29) is 0 Å². The molecule has 0 unspecified atom stereocenters. The summed E-state index contributed by atoms with van der Waals surface area (Å²) in [7, 11) is 0. The van der Waals surface area contributed by atoms with Crippen molar-refractivity contribution in [1.29, 1.82) is 0 Å². The molecule has 98 valence electrons. The van der Waals surface area contributed by atoms with Gasteiger partial charge in [0.1, 0.15) is 0 Å². The molecule has 4 aromatic rings. The average molecular weight is 312 g/mol. The van der Waals surface area contributed by atoms with Crippen molar-refractivity contribution in [3.63, 3.8) is 0 Å². The number of thiophene rings is 3. The van der Waals surface area contributed by atoms with Crippen molar-refractivity contribution in [3.05, 3.63) is 58.8 Å². The zero-order valence-electron chi connectivity index (χ0n) is 10.9. The standard InChI is InChI=1S/C17H12S3/c1-11-6-7-14(19-11)15-8-9-16(20-15)17-13-5-3-2-4-12(13)10-18-17/h2-10H,1H3. The van der Waals surface area contributed by atoms with Gasteiger partial charge in [-0.05, 0) is 42.0 Å². The molecule has 1 aromatic carbocycles. The van der Waals surface area contributed by atoms with Crippen LogP contribution in [-0.2, 0) is 0 Å². The fourth-order valence-corrected chi connectivity index (χ4v) is 5.48. The van der Waals surface area contributed by atoms with Crippen LogP contribution in [0.2, 0.25) is 0 Å². The van der Waals surface area contributed by atoms with Crippen LogP contribution in [-0.4, -0.2) is 0 Å². The highest BCUT2D eigenvalue weighted by atomic mass is 32.1. The van der Waals surface area contributed by atoms with Crippen LogP contribution < -0.4 is 0 Å². The average Bonchev–Trinajstić information content (AvgIpc) is 3.15. The Balaban J connectivity index is 1.82. The Morgan fingerprint density at radius 2 is 1.50 bits per heavy atom. The molecular weight excluding hydrogens is 300 g/mol. The third-order valence-corrected chi connectivity index (χ3v) is 6.80. The Morgan fingerprint density at radius 3 is 2.35 bits per heavy atom. The van der Waals surface area contributed by atoms with E-state index in [9.17, 15) is 0 Å². The van der Waals surface area contributed by atoms with Gasteiger partial charge in [-0.25, -0.2) is 0 Å². The highest BCUT2D eigenvalue weighted by Crippen LogP contribution is 2.42. The first-order chi connectivity index (χ1) is 9.81. The molecule has 0 amide bonds. The highest BCUT2D eigenvalue weighted by molar-refractivity contribution is 7.26. The fourth-order valence-electron chi connectivity index (χ4n) is 2.34. The van der Waals surface area contributed by atoms with Crippen LogP contribution in [0.15, 0.2) is 53.9 Å². The highest BCUT2D eigenvalue weighted by Gasteiger charge is 2.10. The first-order valence-corrected chi connectivity index (χ1v) is 8.96. The molecule has 0 saturated carbocycles. The maximum Gasteiger partial charge on any atom is 0.0521 e. The molecule has 20 heavy (non-hydrogen) atoms. The first kappa shape index (κ1) is 12.3. The van der Waals surface area contributed by atoms with E-state index in [1.54, 1.807) is 0 Å². The number of aryl methyl sites for hydroxylation is 1. The van der Waals surface area contributed by atoms with E-state index >= 15 is 0 Å². The minimum atomic E-state index is 1.34. The van der Waals surface area contributed by atoms with Crippen molar-refractivity contribution in [2.75, 3.05) is 0 Å². The summed E-state index contributed by atoms with van der Waals surface area (Å²) in [5.74, 6) is 0. The van der Waals surface area contributed by atoms with Crippen LogP contribution in [0.5, 0.6) is 0 Å². The summed E-state index contributed by atoms with van der Waals surface area (Å²) in [6.07, 6.45) is 0. The Bertz CT molecular complexity index is 876. The van der Waals surface area contributed by atoms with Crippen molar-refractivity contribution in [2.45, 2.75) is 6.92 Å². The van der Waals surface area contributed by atoms with Crippen molar-refractivity contribution >= 4 is 44.8 Å². The third kappa shape index (κ3) is 2.03. The molecular formula is C17H12S3. The van der Waals surface area contributed by atoms with Gasteiger partial charge < -0.3 is 0 Å². The summed E-state index contributed by atoms with van der Waals surface area (Å²) >= 11 is 5.61. The summed E-state index contributed by atoms with van der Waals surface area (Å²) in [5.41, 5.74) is 0. The molecule has 0 radical (unpaired) electrons. The molecule has 0 bridgehead atoms. The van der Waals surface area contributed by atoms with Gasteiger partial charge in [0.15, 0.2) is 0 Å². The summed E-state index contributed by atoms with van der Waals surface area (Å²) in [4.78, 5) is 6.88. The third-order valence-electron chi connectivity index (χ3n) is 3.32. The van der Waals surface area contributed by atoms with Crippen molar-refractivity contribution in [2.24, 2.45) is 0 Å². The van der Waals surface area contributed by atoms with E-state index < -0.39 is 0 Å². The zero-order chi connectivity index (χ0) is 13.5. The van der Waals surface area contributed by atoms with Gasteiger partial charge in [-0.1, -0.05) is 24.3 Å². The van der Waals surface area contributed by atoms with Crippen molar-refractivity contribution in [1.82, 2.24) is 0 Å². The second-order valence-corrected chi connectivity index (χ2v) is 7.98. The Labute approximate surface area is 130 Å². The van der Waals surface area contributed by atoms with Gasteiger partial charge in [-0.15, -0.1) is 34.0 Å². The molecule has 0 nitrogen and oxygen atoms in total. The van der Waals surface area contributed by atoms with E-state index in [4.69, 9.17) is 0 Å². The monoisotopic (exact) mass is 312 g/mol. The number of fused-ring (bicyclic) bond motifs is 1. The fraction of sp³-hybridized carbons (Fsp3) is 0.0588. The molecule has 3 heteroatoms. The minimum absolute atomic E-state index is 1.34. The largest absolute Gasteiger partial charge is 0.142 e. The Morgan fingerprint density at radius 1 is 0.750 bits per heavy atom. The maximum absolute atomic E-state index is 2.26. The maximum atomic E-state index is 2.26. The molecule has 3 heterocycles. The lowest BCUT2D eigenvalue weighted by atomic mass is 10.2. The quantitative estimate of drug-likeness (QED) is 0.388. The topological polar surface area (TPSA) is 0 Å². The molecule has 0 atom stereocenters. The number of rotatable bonds is 2. The van der Waals surface area contributed by atoms with Gasteiger partial charge in [0.05, 0.1) is 4.88 Å². The predicted molar refractivity (Wildman–Crippen MR) is 93.2 cm³/mol. The number of benzene rings is 1. The van der Waals surface area contributed by atoms with Crippen molar-refractivity contribution in [3.8, 4) is 19.5 Å². The van der Waals surface area contributed by atoms with Crippen LogP contribution in [0.3, 0.4) is 0 Å². The lowest BCUT2D eigenvalue weighted by Gasteiger charge is -1.94.